The van der Waals surface area contributed by atoms with Crippen molar-refractivity contribution in [3.63, 3.8) is 0 Å². The Kier molecular flexibility index (Phi) is 4.86. The van der Waals surface area contributed by atoms with Crippen LogP contribution in [-0.4, -0.2) is 69.8 Å². The van der Waals surface area contributed by atoms with Crippen LogP contribution in [0.4, 0.5) is 0 Å². The molecule has 128 valence electrons. The summed E-state index contributed by atoms with van der Waals surface area (Å²) in [5, 5.41) is 12.1. The summed E-state index contributed by atoms with van der Waals surface area (Å²) < 4.78 is 24.6. The molecule has 3 rings (SSSR count). The molecule has 2 heterocycles. The van der Waals surface area contributed by atoms with Gasteiger partial charge < -0.3 is 4.90 Å². The maximum Gasteiger partial charge on any atom is 0.233 e. The predicted octanol–water partition coefficient (Wildman–Crippen LogP) is 0.400. The third kappa shape index (κ3) is 3.75. The van der Waals surface area contributed by atoms with Crippen LogP contribution in [-0.2, 0) is 14.6 Å². The molecule has 0 spiro atoms. The van der Waals surface area contributed by atoms with Crippen molar-refractivity contribution in [3.05, 3.63) is 30.3 Å². The Morgan fingerprint density at radius 2 is 2.12 bits per heavy atom. The van der Waals surface area contributed by atoms with Crippen LogP contribution in [0.3, 0.4) is 0 Å². The van der Waals surface area contributed by atoms with Gasteiger partial charge in [0.1, 0.15) is 0 Å². The number of rotatable bonds is 5. The fraction of sp³-hybridized carbons (Fsp3) is 0.429. The molecule has 8 nitrogen and oxygen atoms in total. The van der Waals surface area contributed by atoms with Gasteiger partial charge in [0.05, 0.1) is 22.9 Å². The van der Waals surface area contributed by atoms with E-state index in [1.165, 1.54) is 16.7 Å². The fourth-order valence-electron chi connectivity index (χ4n) is 2.51. The Morgan fingerprint density at radius 1 is 1.38 bits per heavy atom. The average Bonchev–Trinajstić information content (AvgIpc) is 3.18. The SMILES string of the molecule is CN(C(=O)CSc1nnnn1-c1ccccc1)[C@H]1CCS(=O)(=O)C1. The summed E-state index contributed by atoms with van der Waals surface area (Å²) in [5.41, 5.74) is 0.813. The van der Waals surface area contributed by atoms with E-state index in [1.54, 1.807) is 11.7 Å². The van der Waals surface area contributed by atoms with Crippen LogP contribution in [0.2, 0.25) is 0 Å². The molecule has 0 radical (unpaired) electrons. The number of benzene rings is 1. The molecule has 1 saturated heterocycles. The van der Waals surface area contributed by atoms with E-state index < -0.39 is 9.84 Å². The molecule has 24 heavy (non-hydrogen) atoms. The van der Waals surface area contributed by atoms with Crippen molar-refractivity contribution < 1.29 is 13.2 Å². The Balaban J connectivity index is 1.62. The number of amides is 1. The first kappa shape index (κ1) is 16.9. The number of para-hydroxylation sites is 1. The monoisotopic (exact) mass is 367 g/mol. The summed E-state index contributed by atoms with van der Waals surface area (Å²) in [7, 11) is -1.36. The summed E-state index contributed by atoms with van der Waals surface area (Å²) in [5.74, 6) is 0.209. The van der Waals surface area contributed by atoms with E-state index in [4.69, 9.17) is 0 Å². The smallest absolute Gasteiger partial charge is 0.233 e. The van der Waals surface area contributed by atoms with Gasteiger partial charge in [0.25, 0.3) is 0 Å². The second-order valence-electron chi connectivity index (χ2n) is 5.56. The minimum atomic E-state index is -3.01. The normalized spacial score (nSPS) is 19.3. The Morgan fingerprint density at radius 3 is 2.79 bits per heavy atom. The lowest BCUT2D eigenvalue weighted by Crippen LogP contribution is -2.38. The number of tetrazole rings is 1. The van der Waals surface area contributed by atoms with Crippen molar-refractivity contribution in [1.29, 1.82) is 0 Å². The van der Waals surface area contributed by atoms with Crippen LogP contribution in [0.1, 0.15) is 6.42 Å². The highest BCUT2D eigenvalue weighted by Crippen LogP contribution is 2.21. The Labute approximate surface area is 144 Å². The zero-order valence-corrected chi connectivity index (χ0v) is 14.7. The molecule has 0 unspecified atom stereocenters. The summed E-state index contributed by atoms with van der Waals surface area (Å²) in [6.45, 7) is 0. The van der Waals surface area contributed by atoms with Crippen molar-refractivity contribution >= 4 is 27.5 Å². The van der Waals surface area contributed by atoms with E-state index in [0.29, 0.717) is 11.6 Å². The third-order valence-corrected chi connectivity index (χ3v) is 6.57. The molecule has 10 heteroatoms. The standard InChI is InChI=1S/C14H17N5O3S2/c1-18(12-7-8-24(21,22)10-12)13(20)9-23-14-15-16-17-19(14)11-5-3-2-4-6-11/h2-6,12H,7-10H2,1H3/t12-/m0/s1. The van der Waals surface area contributed by atoms with Gasteiger partial charge in [-0.2, -0.15) is 4.68 Å². The van der Waals surface area contributed by atoms with Crippen LogP contribution in [0.5, 0.6) is 0 Å². The minimum Gasteiger partial charge on any atom is -0.341 e. The van der Waals surface area contributed by atoms with Gasteiger partial charge in [0, 0.05) is 13.1 Å². The Hall–Kier alpha value is -1.94. The van der Waals surface area contributed by atoms with Crippen LogP contribution < -0.4 is 0 Å². The molecule has 0 bridgehead atoms. The van der Waals surface area contributed by atoms with E-state index in [1.807, 2.05) is 30.3 Å². The number of hydrogen-bond donors (Lipinski definition) is 0. The molecule has 1 aliphatic rings. The molecule has 1 aromatic carbocycles. The fourth-order valence-corrected chi connectivity index (χ4v) is 5.10. The predicted molar refractivity (Wildman–Crippen MR) is 89.7 cm³/mol. The first-order chi connectivity index (χ1) is 11.5. The quantitative estimate of drug-likeness (QED) is 0.706. The lowest BCUT2D eigenvalue weighted by molar-refractivity contribution is -0.128. The number of hydrogen-bond acceptors (Lipinski definition) is 7. The Bertz CT molecular complexity index is 822. The van der Waals surface area contributed by atoms with E-state index in [2.05, 4.69) is 15.5 Å². The number of aromatic nitrogens is 4. The first-order valence-corrected chi connectivity index (χ1v) is 10.2. The van der Waals surface area contributed by atoms with Gasteiger partial charge >= 0.3 is 0 Å². The van der Waals surface area contributed by atoms with E-state index in [0.717, 1.165) is 5.69 Å². The van der Waals surface area contributed by atoms with Crippen molar-refractivity contribution in [2.75, 3.05) is 24.3 Å². The molecular formula is C14H17N5O3S2. The molecule has 0 aliphatic carbocycles. The topological polar surface area (TPSA) is 98.1 Å². The zero-order valence-electron chi connectivity index (χ0n) is 13.1. The van der Waals surface area contributed by atoms with E-state index in [9.17, 15) is 13.2 Å². The molecule has 1 aliphatic heterocycles. The van der Waals surface area contributed by atoms with Crippen molar-refractivity contribution in [2.24, 2.45) is 0 Å². The van der Waals surface area contributed by atoms with Crippen LogP contribution in [0.15, 0.2) is 35.5 Å². The maximum atomic E-state index is 12.3. The number of carbonyl (C=O) groups excluding carboxylic acids is 1. The number of thioether (sulfide) groups is 1. The number of carbonyl (C=O) groups is 1. The second kappa shape index (κ2) is 6.89. The summed E-state index contributed by atoms with van der Waals surface area (Å²) in [6.07, 6.45) is 0.497. The summed E-state index contributed by atoms with van der Waals surface area (Å²) in [6, 6.07) is 9.16. The largest absolute Gasteiger partial charge is 0.341 e. The molecule has 1 fully saturated rings. The third-order valence-electron chi connectivity index (χ3n) is 3.92. The van der Waals surface area contributed by atoms with E-state index in [-0.39, 0.29) is 29.2 Å². The lowest BCUT2D eigenvalue weighted by atomic mass is 10.2. The van der Waals surface area contributed by atoms with Gasteiger partial charge in [0.2, 0.25) is 11.1 Å². The van der Waals surface area contributed by atoms with Gasteiger partial charge in [0.15, 0.2) is 9.84 Å². The lowest BCUT2D eigenvalue weighted by Gasteiger charge is -2.23. The number of sulfone groups is 1. The van der Waals surface area contributed by atoms with Gasteiger partial charge in [-0.05, 0) is 29.0 Å². The van der Waals surface area contributed by atoms with E-state index >= 15 is 0 Å². The summed E-state index contributed by atoms with van der Waals surface area (Å²) in [4.78, 5) is 13.8. The highest BCUT2D eigenvalue weighted by Gasteiger charge is 2.32. The minimum absolute atomic E-state index is 0.0433. The first-order valence-electron chi connectivity index (χ1n) is 7.39. The highest BCUT2D eigenvalue weighted by atomic mass is 32.2. The number of nitrogens with zero attached hydrogens (tertiary/aromatic N) is 5. The molecule has 0 N–H and O–H groups in total. The highest BCUT2D eigenvalue weighted by molar-refractivity contribution is 7.99. The molecule has 1 atom stereocenters. The van der Waals surface area contributed by atoms with Gasteiger partial charge in [-0.25, -0.2) is 8.42 Å². The van der Waals surface area contributed by atoms with Crippen molar-refractivity contribution in [2.45, 2.75) is 17.6 Å². The van der Waals surface area contributed by atoms with Gasteiger partial charge in [-0.3, -0.25) is 4.79 Å². The maximum absolute atomic E-state index is 12.3. The molecular weight excluding hydrogens is 350 g/mol. The summed E-state index contributed by atoms with van der Waals surface area (Å²) >= 11 is 1.23. The van der Waals surface area contributed by atoms with Crippen LogP contribution in [0.25, 0.3) is 5.69 Å². The van der Waals surface area contributed by atoms with Gasteiger partial charge in [-0.15, -0.1) is 5.10 Å². The van der Waals surface area contributed by atoms with Crippen molar-refractivity contribution in [1.82, 2.24) is 25.1 Å². The molecule has 2 aromatic rings. The molecule has 0 saturated carbocycles. The zero-order chi connectivity index (χ0) is 17.2. The second-order valence-corrected chi connectivity index (χ2v) is 8.73. The van der Waals surface area contributed by atoms with Crippen LogP contribution in [0, 0.1) is 0 Å². The van der Waals surface area contributed by atoms with Gasteiger partial charge in [-0.1, -0.05) is 30.0 Å². The molecule has 1 amide bonds. The van der Waals surface area contributed by atoms with Crippen LogP contribution >= 0.6 is 11.8 Å². The molecule has 1 aromatic heterocycles. The average molecular weight is 367 g/mol. The van der Waals surface area contributed by atoms with Crippen molar-refractivity contribution in [3.8, 4) is 5.69 Å².